The zero-order valence-electron chi connectivity index (χ0n) is 17.0. The lowest BCUT2D eigenvalue weighted by atomic mass is 9.96. The summed E-state index contributed by atoms with van der Waals surface area (Å²) in [5, 5.41) is 4.86. The van der Waals surface area contributed by atoms with Gasteiger partial charge in [0.1, 0.15) is 0 Å². The van der Waals surface area contributed by atoms with Gasteiger partial charge in [0.15, 0.2) is 0 Å². The molecule has 1 aliphatic carbocycles. The van der Waals surface area contributed by atoms with Crippen molar-refractivity contribution < 1.29 is 0 Å². The molecule has 27 heavy (non-hydrogen) atoms. The van der Waals surface area contributed by atoms with Crippen LogP contribution in [0.3, 0.4) is 0 Å². The number of hydrazone groups is 1. The molecule has 3 nitrogen and oxygen atoms in total. The van der Waals surface area contributed by atoms with Crippen LogP contribution in [0.4, 0.5) is 5.69 Å². The number of hydrogen-bond donors (Lipinski definition) is 1. The smallest absolute Gasteiger partial charge is 0.0689 e. The molecule has 2 aromatic rings. The third-order valence-electron chi connectivity index (χ3n) is 5.01. The highest BCUT2D eigenvalue weighted by molar-refractivity contribution is 6.01. The molecule has 140 valence electrons. The Bertz CT molecular complexity index is 866. The second-order valence-electron chi connectivity index (χ2n) is 7.49. The molecule has 0 bridgehead atoms. The molecule has 3 heteroatoms. The van der Waals surface area contributed by atoms with Crippen molar-refractivity contribution in [1.82, 2.24) is 4.90 Å². The fourth-order valence-electron chi connectivity index (χ4n) is 3.71. The van der Waals surface area contributed by atoms with E-state index in [2.05, 4.69) is 99.8 Å². The number of nitrogens with one attached hydrogen (secondary N) is 1. The van der Waals surface area contributed by atoms with E-state index in [4.69, 9.17) is 5.10 Å². The Kier molecular flexibility index (Phi) is 5.80. The van der Waals surface area contributed by atoms with Crippen LogP contribution in [0.2, 0.25) is 0 Å². The first-order valence-corrected chi connectivity index (χ1v) is 9.47. The summed E-state index contributed by atoms with van der Waals surface area (Å²) in [4.78, 5) is 2.19. The van der Waals surface area contributed by atoms with Gasteiger partial charge in [-0.2, -0.15) is 5.10 Å². The topological polar surface area (TPSA) is 27.6 Å². The van der Waals surface area contributed by atoms with E-state index in [-0.39, 0.29) is 0 Å². The van der Waals surface area contributed by atoms with Crippen molar-refractivity contribution in [3.8, 4) is 0 Å². The zero-order valence-corrected chi connectivity index (χ0v) is 17.0. The summed E-state index contributed by atoms with van der Waals surface area (Å²) in [5.41, 5.74) is 11.7. The average Bonchev–Trinajstić information content (AvgIpc) is 3.09. The molecule has 0 saturated carbocycles. The van der Waals surface area contributed by atoms with Crippen LogP contribution >= 0.6 is 0 Å². The number of anilines is 1. The fourth-order valence-corrected chi connectivity index (χ4v) is 3.71. The molecule has 0 amide bonds. The lowest BCUT2D eigenvalue weighted by Crippen LogP contribution is -2.19. The van der Waals surface area contributed by atoms with E-state index in [1.165, 1.54) is 22.4 Å². The Morgan fingerprint density at radius 3 is 2.33 bits per heavy atom. The van der Waals surface area contributed by atoms with Gasteiger partial charge in [0.25, 0.3) is 0 Å². The van der Waals surface area contributed by atoms with E-state index in [0.717, 1.165) is 23.4 Å². The van der Waals surface area contributed by atoms with Crippen LogP contribution in [-0.4, -0.2) is 24.7 Å². The molecule has 1 unspecified atom stereocenters. The fraction of sp³-hybridized carbons (Fsp3) is 0.292. The molecule has 3 rings (SSSR count). The Labute approximate surface area is 163 Å². The molecule has 0 saturated heterocycles. The van der Waals surface area contributed by atoms with Gasteiger partial charge >= 0.3 is 0 Å². The standard InChI is InChI=1S/C24H29N3/c1-17-14-18(2)24(19(3)15-17)26-25-22(20-10-7-6-8-11-20)16-21-12-9-13-23(21)27(4)5/h6-15,21,26H,16H2,1-5H3. The highest BCUT2D eigenvalue weighted by Crippen LogP contribution is 2.27. The van der Waals surface area contributed by atoms with Gasteiger partial charge in [0.05, 0.1) is 11.4 Å². The molecule has 0 aromatic heterocycles. The Morgan fingerprint density at radius 1 is 1.04 bits per heavy atom. The number of nitrogens with zero attached hydrogens (tertiary/aromatic N) is 2. The van der Waals surface area contributed by atoms with Crippen molar-refractivity contribution in [2.75, 3.05) is 19.5 Å². The van der Waals surface area contributed by atoms with Gasteiger partial charge in [-0.05, 0) is 43.5 Å². The van der Waals surface area contributed by atoms with E-state index >= 15 is 0 Å². The van der Waals surface area contributed by atoms with Crippen LogP contribution in [0.5, 0.6) is 0 Å². The summed E-state index contributed by atoms with van der Waals surface area (Å²) in [5.74, 6) is 0.348. The predicted octanol–water partition coefficient (Wildman–Crippen LogP) is 5.45. The summed E-state index contributed by atoms with van der Waals surface area (Å²) in [6.07, 6.45) is 7.46. The van der Waals surface area contributed by atoms with Crippen LogP contribution in [0.1, 0.15) is 28.7 Å². The van der Waals surface area contributed by atoms with Gasteiger partial charge in [0, 0.05) is 32.1 Å². The zero-order chi connectivity index (χ0) is 19.4. The maximum absolute atomic E-state index is 4.86. The molecule has 0 aliphatic heterocycles. The second-order valence-corrected chi connectivity index (χ2v) is 7.49. The van der Waals surface area contributed by atoms with E-state index < -0.39 is 0 Å². The van der Waals surface area contributed by atoms with Crippen LogP contribution in [0.25, 0.3) is 0 Å². The second kappa shape index (κ2) is 8.26. The van der Waals surface area contributed by atoms with Gasteiger partial charge in [-0.3, -0.25) is 5.43 Å². The van der Waals surface area contributed by atoms with E-state index in [9.17, 15) is 0 Å². The lowest BCUT2D eigenvalue weighted by Gasteiger charge is -2.22. The molecule has 0 radical (unpaired) electrons. The number of hydrogen-bond acceptors (Lipinski definition) is 3. The minimum Gasteiger partial charge on any atom is -0.380 e. The summed E-state index contributed by atoms with van der Waals surface area (Å²) >= 11 is 0. The first kappa shape index (κ1) is 19.0. The summed E-state index contributed by atoms with van der Waals surface area (Å²) in [6.45, 7) is 6.39. The minimum atomic E-state index is 0.348. The normalized spacial score (nSPS) is 16.4. The number of benzene rings is 2. The first-order chi connectivity index (χ1) is 13.0. The molecule has 0 heterocycles. The monoisotopic (exact) mass is 359 g/mol. The SMILES string of the molecule is Cc1cc(C)c(NN=C(CC2C=CC=C2N(C)C)c2ccccc2)c(C)c1. The Morgan fingerprint density at radius 2 is 1.70 bits per heavy atom. The molecule has 1 N–H and O–H groups in total. The molecule has 0 spiro atoms. The van der Waals surface area contributed by atoms with Gasteiger partial charge in [-0.1, -0.05) is 60.2 Å². The van der Waals surface area contributed by atoms with Gasteiger partial charge in [-0.15, -0.1) is 0 Å². The first-order valence-electron chi connectivity index (χ1n) is 9.47. The molecule has 2 aromatic carbocycles. The molecular weight excluding hydrogens is 330 g/mol. The largest absolute Gasteiger partial charge is 0.380 e. The third kappa shape index (κ3) is 4.48. The predicted molar refractivity (Wildman–Crippen MR) is 116 cm³/mol. The molecule has 1 atom stereocenters. The molecular formula is C24H29N3. The van der Waals surface area contributed by atoms with Crippen LogP contribution < -0.4 is 5.43 Å². The lowest BCUT2D eigenvalue weighted by molar-refractivity contribution is 0.460. The highest BCUT2D eigenvalue weighted by Gasteiger charge is 2.20. The Balaban J connectivity index is 1.91. The van der Waals surface area contributed by atoms with E-state index in [1.807, 2.05) is 6.07 Å². The minimum absolute atomic E-state index is 0.348. The quantitative estimate of drug-likeness (QED) is 0.548. The van der Waals surface area contributed by atoms with Gasteiger partial charge < -0.3 is 4.90 Å². The van der Waals surface area contributed by atoms with Crippen LogP contribution in [0, 0.1) is 26.7 Å². The number of allylic oxidation sites excluding steroid dienone is 3. The summed E-state index contributed by atoms with van der Waals surface area (Å²) in [7, 11) is 4.20. The third-order valence-corrected chi connectivity index (χ3v) is 5.01. The van der Waals surface area contributed by atoms with Crippen molar-refractivity contribution >= 4 is 11.4 Å². The van der Waals surface area contributed by atoms with E-state index in [0.29, 0.717) is 5.92 Å². The molecule has 0 fully saturated rings. The maximum atomic E-state index is 4.86. The Hall–Kier alpha value is -2.81. The maximum Gasteiger partial charge on any atom is 0.0689 e. The van der Waals surface area contributed by atoms with Gasteiger partial charge in [-0.25, -0.2) is 0 Å². The molecule has 1 aliphatic rings. The van der Waals surface area contributed by atoms with Crippen molar-refractivity contribution in [2.45, 2.75) is 27.2 Å². The van der Waals surface area contributed by atoms with Crippen molar-refractivity contribution in [2.24, 2.45) is 11.0 Å². The van der Waals surface area contributed by atoms with Gasteiger partial charge in [0.2, 0.25) is 0 Å². The van der Waals surface area contributed by atoms with Crippen molar-refractivity contribution in [3.63, 3.8) is 0 Å². The number of rotatable bonds is 6. The highest BCUT2D eigenvalue weighted by atomic mass is 15.3. The van der Waals surface area contributed by atoms with Crippen molar-refractivity contribution in [1.29, 1.82) is 0 Å². The summed E-state index contributed by atoms with van der Waals surface area (Å²) in [6, 6.07) is 14.8. The summed E-state index contributed by atoms with van der Waals surface area (Å²) < 4.78 is 0. The van der Waals surface area contributed by atoms with Crippen LogP contribution in [0.15, 0.2) is 71.5 Å². The average molecular weight is 360 g/mol. The van der Waals surface area contributed by atoms with Crippen molar-refractivity contribution in [3.05, 3.63) is 88.6 Å². The van der Waals surface area contributed by atoms with E-state index in [1.54, 1.807) is 0 Å². The number of aryl methyl sites for hydroxylation is 3. The van der Waals surface area contributed by atoms with Crippen LogP contribution in [-0.2, 0) is 0 Å².